The van der Waals surface area contributed by atoms with E-state index < -0.39 is 0 Å². The van der Waals surface area contributed by atoms with Gasteiger partial charge in [0, 0.05) is 25.0 Å². The molecule has 15 heavy (non-hydrogen) atoms. The molecule has 0 spiro atoms. The maximum atomic E-state index is 11.4. The van der Waals surface area contributed by atoms with E-state index in [1.54, 1.807) is 16.2 Å². The number of hydrogen-bond acceptors (Lipinski definition) is 3. The number of rotatable bonds is 5. The average Bonchev–Trinajstić information content (AvgIpc) is 2.63. The normalized spacial score (nSPS) is 10.3. The Morgan fingerprint density at radius 2 is 2.33 bits per heavy atom. The summed E-state index contributed by atoms with van der Waals surface area (Å²) in [6, 6.07) is 4.07. The Labute approximate surface area is 103 Å². The van der Waals surface area contributed by atoms with Crippen LogP contribution in [0.25, 0.3) is 0 Å². The zero-order valence-electron chi connectivity index (χ0n) is 8.92. The molecule has 0 fully saturated rings. The van der Waals surface area contributed by atoms with Crippen molar-refractivity contribution in [3.63, 3.8) is 0 Å². The van der Waals surface area contributed by atoms with E-state index in [-0.39, 0.29) is 5.91 Å². The molecule has 0 unspecified atom stereocenters. The van der Waals surface area contributed by atoms with E-state index >= 15 is 0 Å². The molecule has 0 aliphatic rings. The fourth-order valence-corrected chi connectivity index (χ4v) is 2.50. The summed E-state index contributed by atoms with van der Waals surface area (Å²) >= 11 is 5.09. The fourth-order valence-electron chi connectivity index (χ4n) is 1.05. The molecule has 0 bridgehead atoms. The van der Waals surface area contributed by atoms with Gasteiger partial charge in [0.1, 0.15) is 0 Å². The first-order valence-corrected chi connectivity index (χ1v) is 6.43. The quantitative estimate of drug-likeness (QED) is 0.901. The molecule has 0 aromatic carbocycles. The molecular formula is C10H15BrN2OS. The topological polar surface area (TPSA) is 32.3 Å². The molecule has 0 aliphatic carbocycles. The molecule has 0 saturated carbocycles. The Morgan fingerprint density at radius 1 is 1.60 bits per heavy atom. The van der Waals surface area contributed by atoms with Gasteiger partial charge in [-0.05, 0) is 35.0 Å². The Morgan fingerprint density at radius 3 is 2.87 bits per heavy atom. The zero-order chi connectivity index (χ0) is 11.3. The molecule has 1 aromatic rings. The van der Waals surface area contributed by atoms with Crippen molar-refractivity contribution in [3.05, 3.63) is 20.8 Å². The second-order valence-corrected chi connectivity index (χ2v) is 5.76. The highest BCUT2D eigenvalue weighted by atomic mass is 79.9. The number of carbonyl (C=O) groups excluding carboxylic acids is 1. The van der Waals surface area contributed by atoms with E-state index in [2.05, 4.69) is 27.3 Å². The number of halogens is 1. The monoisotopic (exact) mass is 290 g/mol. The lowest BCUT2D eigenvalue weighted by Crippen LogP contribution is -2.34. The molecule has 1 rings (SSSR count). The van der Waals surface area contributed by atoms with Crippen LogP contribution in [0.3, 0.4) is 0 Å². The predicted molar refractivity (Wildman–Crippen MR) is 67.0 cm³/mol. The minimum absolute atomic E-state index is 0.133. The number of nitrogens with one attached hydrogen (secondary N) is 1. The van der Waals surface area contributed by atoms with Crippen LogP contribution in [0.5, 0.6) is 0 Å². The number of likely N-dealkylation sites (N-methyl/N-ethyl adjacent to an activating group) is 1. The van der Waals surface area contributed by atoms with Crippen LogP contribution in [0.4, 0.5) is 0 Å². The number of thiophene rings is 1. The van der Waals surface area contributed by atoms with E-state index in [1.807, 2.05) is 20.0 Å². The van der Waals surface area contributed by atoms with Crippen LogP contribution in [0.15, 0.2) is 15.9 Å². The van der Waals surface area contributed by atoms with Gasteiger partial charge < -0.3 is 10.2 Å². The first kappa shape index (κ1) is 12.7. The summed E-state index contributed by atoms with van der Waals surface area (Å²) in [6.45, 7) is 3.87. The second-order valence-electron chi connectivity index (χ2n) is 3.22. The molecule has 1 N–H and O–H groups in total. The van der Waals surface area contributed by atoms with Crippen molar-refractivity contribution in [2.45, 2.75) is 13.5 Å². The zero-order valence-corrected chi connectivity index (χ0v) is 11.3. The van der Waals surface area contributed by atoms with Gasteiger partial charge in [0.15, 0.2) is 0 Å². The molecule has 0 saturated heterocycles. The molecular weight excluding hydrogens is 276 g/mol. The third-order valence-corrected chi connectivity index (χ3v) is 3.73. The van der Waals surface area contributed by atoms with Crippen molar-refractivity contribution in [2.75, 3.05) is 20.1 Å². The van der Waals surface area contributed by atoms with Gasteiger partial charge in [-0.1, -0.05) is 0 Å². The molecule has 1 amide bonds. The SMILES string of the molecule is CCN(C)C(=O)CNCc1ccc(Br)s1. The van der Waals surface area contributed by atoms with Crippen molar-refractivity contribution in [1.29, 1.82) is 0 Å². The highest BCUT2D eigenvalue weighted by molar-refractivity contribution is 9.11. The molecule has 0 aliphatic heterocycles. The summed E-state index contributed by atoms with van der Waals surface area (Å²) in [5, 5.41) is 3.13. The lowest BCUT2D eigenvalue weighted by molar-refractivity contribution is -0.128. The van der Waals surface area contributed by atoms with Gasteiger partial charge in [0.25, 0.3) is 0 Å². The maximum absolute atomic E-state index is 11.4. The molecule has 1 heterocycles. The van der Waals surface area contributed by atoms with Crippen molar-refractivity contribution >= 4 is 33.2 Å². The van der Waals surface area contributed by atoms with Crippen molar-refractivity contribution < 1.29 is 4.79 Å². The average molecular weight is 291 g/mol. The van der Waals surface area contributed by atoms with Crippen molar-refractivity contribution in [3.8, 4) is 0 Å². The minimum atomic E-state index is 0.133. The number of hydrogen-bond donors (Lipinski definition) is 1. The summed E-state index contributed by atoms with van der Waals surface area (Å²) in [5.74, 6) is 0.133. The van der Waals surface area contributed by atoms with Crippen molar-refractivity contribution in [2.24, 2.45) is 0 Å². The van der Waals surface area contributed by atoms with Crippen LogP contribution < -0.4 is 5.32 Å². The van der Waals surface area contributed by atoms with Gasteiger partial charge in [0.2, 0.25) is 5.91 Å². The molecule has 3 nitrogen and oxygen atoms in total. The Hall–Kier alpha value is -0.390. The third-order valence-electron chi connectivity index (χ3n) is 2.10. The lowest BCUT2D eigenvalue weighted by atomic mass is 10.4. The molecule has 0 radical (unpaired) electrons. The van der Waals surface area contributed by atoms with E-state index in [0.717, 1.165) is 16.9 Å². The fraction of sp³-hybridized carbons (Fsp3) is 0.500. The first-order chi connectivity index (χ1) is 7.13. The summed E-state index contributed by atoms with van der Waals surface area (Å²) in [4.78, 5) is 14.4. The van der Waals surface area contributed by atoms with Crippen LogP contribution in [-0.2, 0) is 11.3 Å². The third kappa shape index (κ3) is 4.32. The summed E-state index contributed by atoms with van der Waals surface area (Å²) in [5.41, 5.74) is 0. The van der Waals surface area contributed by atoms with Crippen LogP contribution >= 0.6 is 27.3 Å². The lowest BCUT2D eigenvalue weighted by Gasteiger charge is -2.14. The Kier molecular flexibility index (Phi) is 5.28. The maximum Gasteiger partial charge on any atom is 0.236 e. The molecule has 0 atom stereocenters. The van der Waals surface area contributed by atoms with E-state index in [4.69, 9.17) is 0 Å². The number of nitrogens with zero attached hydrogens (tertiary/aromatic N) is 1. The van der Waals surface area contributed by atoms with Gasteiger partial charge in [0.05, 0.1) is 10.3 Å². The Balaban J connectivity index is 2.24. The molecule has 5 heteroatoms. The molecule has 84 valence electrons. The first-order valence-electron chi connectivity index (χ1n) is 4.82. The summed E-state index contributed by atoms with van der Waals surface area (Å²) < 4.78 is 1.12. The van der Waals surface area contributed by atoms with E-state index in [9.17, 15) is 4.79 Å². The van der Waals surface area contributed by atoms with Crippen LogP contribution in [0, 0.1) is 0 Å². The van der Waals surface area contributed by atoms with Crippen LogP contribution in [0.1, 0.15) is 11.8 Å². The Bertz CT molecular complexity index is 327. The number of carbonyl (C=O) groups is 1. The van der Waals surface area contributed by atoms with Crippen LogP contribution in [-0.4, -0.2) is 30.9 Å². The standard InChI is InChI=1S/C10H15BrN2OS/c1-3-13(2)10(14)7-12-6-8-4-5-9(11)15-8/h4-5,12H,3,6-7H2,1-2H3. The highest BCUT2D eigenvalue weighted by Crippen LogP contribution is 2.21. The smallest absolute Gasteiger partial charge is 0.236 e. The minimum Gasteiger partial charge on any atom is -0.345 e. The largest absolute Gasteiger partial charge is 0.345 e. The van der Waals surface area contributed by atoms with Gasteiger partial charge in [-0.25, -0.2) is 0 Å². The summed E-state index contributed by atoms with van der Waals surface area (Å²) in [6.07, 6.45) is 0. The highest BCUT2D eigenvalue weighted by Gasteiger charge is 2.05. The summed E-state index contributed by atoms with van der Waals surface area (Å²) in [7, 11) is 1.81. The van der Waals surface area contributed by atoms with Gasteiger partial charge >= 0.3 is 0 Å². The predicted octanol–water partition coefficient (Wildman–Crippen LogP) is 2.08. The van der Waals surface area contributed by atoms with Crippen LogP contribution in [0.2, 0.25) is 0 Å². The van der Waals surface area contributed by atoms with Gasteiger partial charge in [-0.15, -0.1) is 11.3 Å². The van der Waals surface area contributed by atoms with Gasteiger partial charge in [-0.2, -0.15) is 0 Å². The van der Waals surface area contributed by atoms with Crippen molar-refractivity contribution in [1.82, 2.24) is 10.2 Å². The number of amides is 1. The second kappa shape index (κ2) is 6.25. The van der Waals surface area contributed by atoms with E-state index in [0.29, 0.717) is 6.54 Å². The molecule has 1 aromatic heterocycles. The van der Waals surface area contributed by atoms with Gasteiger partial charge in [-0.3, -0.25) is 4.79 Å². The van der Waals surface area contributed by atoms with E-state index in [1.165, 1.54) is 4.88 Å².